The molecule has 0 radical (unpaired) electrons. The number of carboxylic acids is 1. The minimum absolute atomic E-state index is 0.134. The average molecular weight is 276 g/mol. The number of aromatic hydroxyl groups is 2. The van der Waals surface area contributed by atoms with Gasteiger partial charge < -0.3 is 26.8 Å². The molecule has 2 rings (SSSR count). The zero-order chi connectivity index (χ0) is 15.3. The van der Waals surface area contributed by atoms with Crippen LogP contribution in [0.4, 0.5) is 11.4 Å². The molecule has 2 aromatic carbocycles. The molecule has 7 N–H and O–H groups in total. The van der Waals surface area contributed by atoms with Crippen molar-refractivity contribution in [3.8, 4) is 11.5 Å². The highest BCUT2D eigenvalue weighted by molar-refractivity contribution is 5.90. The second kappa shape index (κ2) is 6.33. The van der Waals surface area contributed by atoms with Crippen LogP contribution in [-0.2, 0) is 0 Å². The van der Waals surface area contributed by atoms with Gasteiger partial charge in [0.2, 0.25) is 0 Å². The number of nitrogens with two attached hydrogens (primary N) is 2. The molecular formula is C14H16N2O4. The van der Waals surface area contributed by atoms with Crippen LogP contribution in [-0.4, -0.2) is 21.3 Å². The fourth-order valence-corrected chi connectivity index (χ4v) is 1.32. The van der Waals surface area contributed by atoms with E-state index in [0.29, 0.717) is 16.9 Å². The third kappa shape index (κ3) is 3.81. The maximum Gasteiger partial charge on any atom is 0.335 e. The van der Waals surface area contributed by atoms with E-state index in [-0.39, 0.29) is 17.1 Å². The molecule has 0 atom stereocenters. The molecule has 106 valence electrons. The molecule has 0 heterocycles. The van der Waals surface area contributed by atoms with Crippen molar-refractivity contribution in [2.24, 2.45) is 0 Å². The Bertz CT molecular complexity index is 606. The van der Waals surface area contributed by atoms with E-state index in [1.165, 1.54) is 30.3 Å². The van der Waals surface area contributed by atoms with E-state index in [1.54, 1.807) is 13.0 Å². The first kappa shape index (κ1) is 15.2. The fraction of sp³-hybridized carbons (Fsp3) is 0.0714. The number of benzene rings is 2. The van der Waals surface area contributed by atoms with Crippen LogP contribution in [0.25, 0.3) is 0 Å². The number of phenols is 2. The summed E-state index contributed by atoms with van der Waals surface area (Å²) in [6.45, 7) is 1.66. The van der Waals surface area contributed by atoms with Gasteiger partial charge in [-0.05, 0) is 37.3 Å². The van der Waals surface area contributed by atoms with Crippen LogP contribution in [0.15, 0.2) is 36.4 Å². The Morgan fingerprint density at radius 2 is 1.55 bits per heavy atom. The molecule has 0 bridgehead atoms. The number of anilines is 2. The Hall–Kier alpha value is -2.89. The van der Waals surface area contributed by atoms with Gasteiger partial charge in [-0.2, -0.15) is 0 Å². The van der Waals surface area contributed by atoms with Gasteiger partial charge in [-0.15, -0.1) is 0 Å². The molecule has 0 unspecified atom stereocenters. The topological polar surface area (TPSA) is 130 Å². The normalized spacial score (nSPS) is 9.45. The highest BCUT2D eigenvalue weighted by Crippen LogP contribution is 2.23. The van der Waals surface area contributed by atoms with Gasteiger partial charge in [0, 0.05) is 5.56 Å². The average Bonchev–Trinajstić information content (AvgIpc) is 2.39. The van der Waals surface area contributed by atoms with Crippen molar-refractivity contribution in [1.82, 2.24) is 0 Å². The molecule has 0 spiro atoms. The van der Waals surface area contributed by atoms with Crippen molar-refractivity contribution in [2.75, 3.05) is 11.5 Å². The molecule has 0 saturated carbocycles. The summed E-state index contributed by atoms with van der Waals surface area (Å²) in [7, 11) is 0. The quantitative estimate of drug-likeness (QED) is 0.506. The van der Waals surface area contributed by atoms with Gasteiger partial charge in [0.15, 0.2) is 0 Å². The first-order valence-electron chi connectivity index (χ1n) is 5.68. The number of nitrogen functional groups attached to an aromatic ring is 2. The maximum atomic E-state index is 10.4. The van der Waals surface area contributed by atoms with Crippen molar-refractivity contribution in [1.29, 1.82) is 0 Å². The zero-order valence-electron chi connectivity index (χ0n) is 10.9. The third-order valence-electron chi connectivity index (χ3n) is 2.61. The Labute approximate surface area is 115 Å². The molecule has 6 heteroatoms. The summed E-state index contributed by atoms with van der Waals surface area (Å²) < 4.78 is 0. The minimum atomic E-state index is -1.00. The van der Waals surface area contributed by atoms with Gasteiger partial charge in [0.1, 0.15) is 11.5 Å². The van der Waals surface area contributed by atoms with E-state index >= 15 is 0 Å². The minimum Gasteiger partial charge on any atom is -0.508 e. The lowest BCUT2D eigenvalue weighted by Crippen LogP contribution is -2.00. The van der Waals surface area contributed by atoms with E-state index in [1.807, 2.05) is 0 Å². The van der Waals surface area contributed by atoms with Crippen LogP contribution in [0.5, 0.6) is 11.5 Å². The largest absolute Gasteiger partial charge is 0.508 e. The summed E-state index contributed by atoms with van der Waals surface area (Å²) in [6, 6.07) is 8.88. The van der Waals surface area contributed by atoms with E-state index in [9.17, 15) is 4.79 Å². The lowest BCUT2D eigenvalue weighted by atomic mass is 10.2. The standard InChI is InChI=1S/C7H8N2O2.C7H8O2/c8-5-2-1-4(7(10)11)3-6(5)9;1-5-6(8)3-2-4-7(5)9/h1-3H,8-9H2,(H,10,11);2-4,8-9H,1H3. The first-order chi connectivity index (χ1) is 9.32. The van der Waals surface area contributed by atoms with Gasteiger partial charge in [0.25, 0.3) is 0 Å². The van der Waals surface area contributed by atoms with Crippen LogP contribution < -0.4 is 11.5 Å². The van der Waals surface area contributed by atoms with Gasteiger partial charge in [-0.1, -0.05) is 6.07 Å². The number of phenolic OH excluding ortho intramolecular Hbond substituents is 2. The summed E-state index contributed by atoms with van der Waals surface area (Å²) >= 11 is 0. The number of rotatable bonds is 1. The number of carboxylic acid groups (broad SMARTS) is 1. The molecule has 20 heavy (non-hydrogen) atoms. The summed E-state index contributed by atoms with van der Waals surface area (Å²) in [5.74, 6) is -0.735. The highest BCUT2D eigenvalue weighted by atomic mass is 16.4. The van der Waals surface area contributed by atoms with E-state index in [2.05, 4.69) is 0 Å². The van der Waals surface area contributed by atoms with Gasteiger partial charge >= 0.3 is 5.97 Å². The molecule has 0 fully saturated rings. The van der Waals surface area contributed by atoms with Gasteiger partial charge in [-0.3, -0.25) is 0 Å². The summed E-state index contributed by atoms with van der Waals surface area (Å²) in [5, 5.41) is 26.4. The molecule has 0 aromatic heterocycles. The van der Waals surface area contributed by atoms with Crippen molar-refractivity contribution in [3.63, 3.8) is 0 Å². The SMILES string of the molecule is Cc1c(O)cccc1O.Nc1ccc(C(=O)O)cc1N. The summed E-state index contributed by atoms with van der Waals surface area (Å²) in [5.41, 5.74) is 12.1. The van der Waals surface area contributed by atoms with Gasteiger partial charge in [0.05, 0.1) is 16.9 Å². The maximum absolute atomic E-state index is 10.4. The Morgan fingerprint density at radius 1 is 1.00 bits per heavy atom. The van der Waals surface area contributed by atoms with Crippen molar-refractivity contribution in [2.45, 2.75) is 6.92 Å². The summed E-state index contributed by atoms with van der Waals surface area (Å²) in [6.07, 6.45) is 0. The van der Waals surface area contributed by atoms with E-state index in [0.717, 1.165) is 0 Å². The second-order valence-corrected chi connectivity index (χ2v) is 4.07. The molecule has 0 aliphatic rings. The molecule has 0 amide bonds. The molecular weight excluding hydrogens is 260 g/mol. The van der Waals surface area contributed by atoms with Crippen LogP contribution in [0, 0.1) is 6.92 Å². The highest BCUT2D eigenvalue weighted by Gasteiger charge is 2.03. The molecule has 0 aliphatic heterocycles. The second-order valence-electron chi connectivity index (χ2n) is 4.07. The Kier molecular flexibility index (Phi) is 4.80. The number of hydrogen-bond acceptors (Lipinski definition) is 5. The number of carbonyl (C=O) groups is 1. The predicted molar refractivity (Wildman–Crippen MR) is 76.7 cm³/mol. The monoisotopic (exact) mass is 276 g/mol. The predicted octanol–water partition coefficient (Wildman–Crippen LogP) is 1.96. The van der Waals surface area contributed by atoms with Crippen LogP contribution >= 0.6 is 0 Å². The van der Waals surface area contributed by atoms with E-state index < -0.39 is 5.97 Å². The zero-order valence-corrected chi connectivity index (χ0v) is 10.9. The van der Waals surface area contributed by atoms with Crippen molar-refractivity contribution >= 4 is 17.3 Å². The van der Waals surface area contributed by atoms with Crippen LogP contribution in [0.3, 0.4) is 0 Å². The van der Waals surface area contributed by atoms with Gasteiger partial charge in [-0.25, -0.2) is 4.79 Å². The fourth-order valence-electron chi connectivity index (χ4n) is 1.32. The first-order valence-corrected chi connectivity index (χ1v) is 5.68. The lowest BCUT2D eigenvalue weighted by Gasteiger charge is -1.99. The van der Waals surface area contributed by atoms with Crippen molar-refractivity contribution in [3.05, 3.63) is 47.5 Å². The summed E-state index contributed by atoms with van der Waals surface area (Å²) in [4.78, 5) is 10.4. The molecule has 0 saturated heterocycles. The molecule has 6 nitrogen and oxygen atoms in total. The smallest absolute Gasteiger partial charge is 0.335 e. The lowest BCUT2D eigenvalue weighted by molar-refractivity contribution is 0.0697. The van der Waals surface area contributed by atoms with Crippen molar-refractivity contribution < 1.29 is 20.1 Å². The Morgan fingerprint density at radius 3 is 1.95 bits per heavy atom. The molecule has 2 aromatic rings. The number of hydrogen-bond donors (Lipinski definition) is 5. The molecule has 0 aliphatic carbocycles. The van der Waals surface area contributed by atoms with Crippen LogP contribution in [0.1, 0.15) is 15.9 Å². The number of aromatic carboxylic acids is 1. The Balaban J connectivity index is 0.000000204. The van der Waals surface area contributed by atoms with E-state index in [4.69, 9.17) is 26.8 Å². The van der Waals surface area contributed by atoms with Crippen LogP contribution in [0.2, 0.25) is 0 Å². The third-order valence-corrected chi connectivity index (χ3v) is 2.61.